The Morgan fingerprint density at radius 2 is 0.955 bits per heavy atom. The molecule has 0 unspecified atom stereocenters. The van der Waals surface area contributed by atoms with Crippen LogP contribution in [0.2, 0.25) is 0 Å². The first kappa shape index (κ1) is 55.4. The molecule has 2 aliphatic carbocycles. The Balaban J connectivity index is 0.000000244. The van der Waals surface area contributed by atoms with E-state index in [4.69, 9.17) is 14.2 Å². The number of aromatic hydroxyl groups is 1. The molecular weight excluding hydrogens is 837 g/mol. The maximum atomic E-state index is 12.0. The second kappa shape index (κ2) is 27.7. The first-order valence-electron chi connectivity index (χ1n) is 25.2. The van der Waals surface area contributed by atoms with E-state index in [1.807, 2.05) is 19.9 Å². The number of rotatable bonds is 12. The highest BCUT2D eigenvalue weighted by atomic mass is 16.5. The van der Waals surface area contributed by atoms with Crippen LogP contribution in [0.15, 0.2) is 72.8 Å². The number of phenolic OH excluding ortho intramolecular Hbond substituents is 1. The Morgan fingerprint density at radius 1 is 0.552 bits per heavy atom. The fraction of sp³-hybridized carbons (Fsp3) is 0.621. The number of likely N-dealkylation sites (tertiary alicyclic amines) is 2. The molecule has 0 amide bonds. The maximum Gasteiger partial charge on any atom is 0.309 e. The van der Waals surface area contributed by atoms with Crippen LogP contribution < -0.4 is 4.74 Å². The van der Waals surface area contributed by atoms with Gasteiger partial charge in [-0.2, -0.15) is 0 Å². The molecule has 2 aliphatic heterocycles. The number of esters is 2. The number of carbonyl (C=O) groups is 2. The number of piperidine rings is 2. The van der Waals surface area contributed by atoms with E-state index in [0.29, 0.717) is 25.1 Å². The molecule has 0 aromatic heterocycles. The van der Waals surface area contributed by atoms with Crippen LogP contribution in [-0.4, -0.2) is 83.6 Å². The van der Waals surface area contributed by atoms with E-state index in [1.165, 1.54) is 60.4 Å². The van der Waals surface area contributed by atoms with E-state index < -0.39 is 0 Å². The lowest BCUT2D eigenvalue weighted by atomic mass is 9.80. The molecule has 4 aromatic rings. The van der Waals surface area contributed by atoms with Gasteiger partial charge in [0.2, 0.25) is 0 Å². The fourth-order valence-electron chi connectivity index (χ4n) is 10.3. The Bertz CT molecular complexity index is 2070. The van der Waals surface area contributed by atoms with Crippen molar-refractivity contribution in [3.8, 4) is 11.5 Å². The summed E-state index contributed by atoms with van der Waals surface area (Å²) in [4.78, 5) is 28.6. The van der Waals surface area contributed by atoms with E-state index in [2.05, 4.69) is 92.1 Å². The normalized spacial score (nSPS) is 21.8. The van der Waals surface area contributed by atoms with Crippen LogP contribution in [0.25, 0.3) is 21.5 Å². The van der Waals surface area contributed by atoms with E-state index in [1.54, 1.807) is 12.1 Å². The van der Waals surface area contributed by atoms with Crippen molar-refractivity contribution in [3.05, 3.63) is 83.9 Å². The predicted octanol–water partition coefficient (Wildman–Crippen LogP) is 13.0. The number of aliphatic hydroxyl groups is 1. The minimum atomic E-state index is -0.0438. The number of fused-ring (bicyclic) bond motifs is 2. The molecule has 4 aliphatic rings. The fourth-order valence-corrected chi connectivity index (χ4v) is 10.3. The summed E-state index contributed by atoms with van der Waals surface area (Å²) in [6.07, 6.45) is 13.4. The summed E-state index contributed by atoms with van der Waals surface area (Å²) in [5.74, 6) is 4.70. The van der Waals surface area contributed by atoms with Crippen molar-refractivity contribution in [2.24, 2.45) is 35.5 Å². The maximum absolute atomic E-state index is 12.0. The Morgan fingerprint density at radius 3 is 1.40 bits per heavy atom. The summed E-state index contributed by atoms with van der Waals surface area (Å²) in [5.41, 5.74) is 2.59. The van der Waals surface area contributed by atoms with Gasteiger partial charge in [0.1, 0.15) is 11.5 Å². The van der Waals surface area contributed by atoms with Crippen molar-refractivity contribution >= 4 is 33.5 Å². The molecule has 0 atom stereocenters. The van der Waals surface area contributed by atoms with Gasteiger partial charge >= 0.3 is 11.9 Å². The van der Waals surface area contributed by atoms with Crippen molar-refractivity contribution in [2.45, 2.75) is 159 Å². The monoisotopic (exact) mass is 925 g/mol. The molecule has 4 aromatic carbocycles. The van der Waals surface area contributed by atoms with Gasteiger partial charge < -0.3 is 24.4 Å². The van der Waals surface area contributed by atoms with Gasteiger partial charge in [-0.25, -0.2) is 0 Å². The summed E-state index contributed by atoms with van der Waals surface area (Å²) in [6, 6.07) is 25.1. The Hall–Kier alpha value is -4.18. The summed E-state index contributed by atoms with van der Waals surface area (Å²) in [7, 11) is 0. The minimum absolute atomic E-state index is 0. The van der Waals surface area contributed by atoms with Gasteiger partial charge in [0.05, 0.1) is 37.3 Å². The average Bonchev–Trinajstić information content (AvgIpc) is 3.30. The van der Waals surface area contributed by atoms with Gasteiger partial charge in [0, 0.05) is 13.1 Å². The molecular formula is C58H88N2O7. The number of hydrogen-bond acceptors (Lipinski definition) is 9. The zero-order valence-corrected chi connectivity index (χ0v) is 40.5. The largest absolute Gasteiger partial charge is 0.508 e. The smallest absolute Gasteiger partial charge is 0.309 e. The van der Waals surface area contributed by atoms with E-state index in [-0.39, 0.29) is 44.7 Å². The van der Waals surface area contributed by atoms with Crippen molar-refractivity contribution in [3.63, 3.8) is 0 Å². The third kappa shape index (κ3) is 17.1. The van der Waals surface area contributed by atoms with Crippen LogP contribution in [0.5, 0.6) is 11.5 Å². The third-order valence-corrected chi connectivity index (χ3v) is 14.6. The molecule has 0 spiro atoms. The lowest BCUT2D eigenvalue weighted by molar-refractivity contribution is -0.150. The number of nitrogens with zero attached hydrogens (tertiary/aromatic N) is 2. The first-order valence-corrected chi connectivity index (χ1v) is 25.2. The molecule has 372 valence electrons. The zero-order valence-electron chi connectivity index (χ0n) is 40.5. The molecule has 9 heteroatoms. The lowest BCUT2D eigenvalue weighted by Crippen LogP contribution is -2.36. The molecule has 67 heavy (non-hydrogen) atoms. The van der Waals surface area contributed by atoms with Crippen molar-refractivity contribution in [1.29, 1.82) is 0 Å². The highest BCUT2D eigenvalue weighted by Crippen LogP contribution is 2.34. The third-order valence-electron chi connectivity index (χ3n) is 14.6. The zero-order chi connectivity index (χ0) is 46.3. The van der Waals surface area contributed by atoms with E-state index >= 15 is 0 Å². The van der Waals surface area contributed by atoms with Crippen LogP contribution in [0.4, 0.5) is 0 Å². The molecule has 2 N–H and O–H groups in total. The number of aliphatic hydroxyl groups excluding tert-OH is 1. The minimum Gasteiger partial charge on any atom is -0.508 e. The van der Waals surface area contributed by atoms with Crippen LogP contribution in [-0.2, 0) is 32.2 Å². The molecule has 8 rings (SSSR count). The highest BCUT2D eigenvalue weighted by molar-refractivity contribution is 5.85. The van der Waals surface area contributed by atoms with Gasteiger partial charge in [0.15, 0.2) is 0 Å². The number of carbonyl (C=O) groups excluding carboxylic acids is 2. The van der Waals surface area contributed by atoms with Crippen molar-refractivity contribution < 1.29 is 34.0 Å². The SMILES string of the molecule is C.C.CC(C)C1CCC(O)CC1.CCOC(=O)C1CCN(Cc2ccc3cc(O)ccc3c2)CC1.CCOC(=O)C1CCN(Cc2ccc3cc(OC4CCC(C(C)C)CC4)ccc3c2)CC1. The summed E-state index contributed by atoms with van der Waals surface area (Å²) >= 11 is 0. The van der Waals surface area contributed by atoms with Gasteiger partial charge in [-0.3, -0.25) is 19.4 Å². The molecule has 2 heterocycles. The number of benzene rings is 4. The standard InChI is InChI=1S/C28H39NO3.C19H23NO3.C9H18O.2CH4/c1-4-31-28(30)23-13-15-29(16-14-23)19-21-5-6-25-18-27(12-9-24(25)17-21)32-26-10-7-22(8-11-26)20(2)3;1-2-23-19(22)15-7-9-20(10-8-15)13-14-3-4-17-12-18(21)6-5-16(17)11-14;1-7(2)8-3-5-9(10)6-4-8;;/h5-6,9,12,17-18,20,22-23,26H,4,7-8,10-11,13-16,19H2,1-3H3;3-6,11-12,15,21H,2,7-10,13H2,1H3;7-10H,3-6H2,1-2H3;2*1H4. The molecule has 2 saturated carbocycles. The van der Waals surface area contributed by atoms with Crippen LogP contribution in [0, 0.1) is 35.5 Å². The van der Waals surface area contributed by atoms with Crippen LogP contribution in [0.3, 0.4) is 0 Å². The van der Waals surface area contributed by atoms with Crippen LogP contribution >= 0.6 is 0 Å². The van der Waals surface area contributed by atoms with Gasteiger partial charge in [-0.05, 0) is 210 Å². The molecule has 0 radical (unpaired) electrons. The molecule has 4 fully saturated rings. The number of phenols is 1. The molecule has 9 nitrogen and oxygen atoms in total. The second-order valence-electron chi connectivity index (χ2n) is 20.0. The average molecular weight is 925 g/mol. The summed E-state index contributed by atoms with van der Waals surface area (Å²) < 4.78 is 16.6. The predicted molar refractivity (Wildman–Crippen MR) is 276 cm³/mol. The first-order chi connectivity index (χ1) is 31.4. The van der Waals surface area contributed by atoms with Gasteiger partial charge in [-0.1, -0.05) is 78.9 Å². The number of hydrogen-bond donors (Lipinski definition) is 2. The quantitative estimate of drug-likeness (QED) is 0.134. The highest BCUT2D eigenvalue weighted by Gasteiger charge is 2.28. The van der Waals surface area contributed by atoms with Crippen LogP contribution in [0.1, 0.15) is 145 Å². The lowest BCUT2D eigenvalue weighted by Gasteiger charge is -2.31. The van der Waals surface area contributed by atoms with Crippen molar-refractivity contribution in [1.82, 2.24) is 9.80 Å². The van der Waals surface area contributed by atoms with Gasteiger partial charge in [0.25, 0.3) is 0 Å². The molecule has 2 saturated heterocycles. The topological polar surface area (TPSA) is 109 Å². The Kier molecular flexibility index (Phi) is 22.9. The van der Waals surface area contributed by atoms with Gasteiger partial charge in [-0.15, -0.1) is 0 Å². The van der Waals surface area contributed by atoms with E-state index in [9.17, 15) is 19.8 Å². The van der Waals surface area contributed by atoms with E-state index in [0.717, 1.165) is 118 Å². The Labute approximate surface area is 404 Å². The summed E-state index contributed by atoms with van der Waals surface area (Å²) in [6.45, 7) is 19.5. The summed E-state index contributed by atoms with van der Waals surface area (Å²) in [5, 5.41) is 23.4. The molecule has 0 bridgehead atoms. The van der Waals surface area contributed by atoms with Crippen molar-refractivity contribution in [2.75, 3.05) is 39.4 Å². The number of ether oxygens (including phenoxy) is 3. The second-order valence-corrected chi connectivity index (χ2v) is 20.0.